The van der Waals surface area contributed by atoms with Crippen LogP contribution in [0.3, 0.4) is 0 Å². The van der Waals surface area contributed by atoms with Gasteiger partial charge in [0.05, 0.1) is 12.7 Å². The van der Waals surface area contributed by atoms with Gasteiger partial charge in [0.25, 0.3) is 0 Å². The SMILES string of the molecule is CC(=O)NCC1CC2(CCN(C(=O)CCN3CCN(C)CC3)CC2)CO1. The molecule has 3 saturated heterocycles. The second kappa shape index (κ2) is 8.67. The molecule has 0 aliphatic carbocycles. The highest BCUT2D eigenvalue weighted by atomic mass is 16.5. The van der Waals surface area contributed by atoms with Crippen LogP contribution in [0.1, 0.15) is 32.6 Å². The summed E-state index contributed by atoms with van der Waals surface area (Å²) in [7, 11) is 2.15. The number of piperidine rings is 1. The molecular formula is C19H34N4O3. The Hall–Kier alpha value is -1.18. The Kier molecular flexibility index (Phi) is 6.53. The van der Waals surface area contributed by atoms with E-state index in [0.717, 1.165) is 71.7 Å². The molecule has 3 aliphatic heterocycles. The average Bonchev–Trinajstić information content (AvgIpc) is 3.02. The summed E-state index contributed by atoms with van der Waals surface area (Å²) < 4.78 is 5.90. The fraction of sp³-hybridized carbons (Fsp3) is 0.895. The van der Waals surface area contributed by atoms with Crippen molar-refractivity contribution in [3.8, 4) is 0 Å². The minimum absolute atomic E-state index is 0.00434. The molecule has 7 heteroatoms. The topological polar surface area (TPSA) is 65.1 Å². The molecule has 2 amide bonds. The summed E-state index contributed by atoms with van der Waals surface area (Å²) in [5, 5.41) is 2.85. The van der Waals surface area contributed by atoms with Crippen LogP contribution in [0, 0.1) is 5.41 Å². The molecule has 0 bridgehead atoms. The van der Waals surface area contributed by atoms with Gasteiger partial charge in [-0.15, -0.1) is 0 Å². The van der Waals surface area contributed by atoms with Gasteiger partial charge in [0, 0.05) is 65.7 Å². The molecule has 0 aromatic rings. The number of hydrogen-bond donors (Lipinski definition) is 1. The fourth-order valence-electron chi connectivity index (χ4n) is 4.35. The Morgan fingerprint density at radius 3 is 2.46 bits per heavy atom. The van der Waals surface area contributed by atoms with Crippen LogP contribution >= 0.6 is 0 Å². The van der Waals surface area contributed by atoms with Gasteiger partial charge in [-0.3, -0.25) is 9.59 Å². The third-order valence-electron chi connectivity index (χ3n) is 6.28. The molecule has 3 aliphatic rings. The van der Waals surface area contributed by atoms with Crippen LogP contribution in [0.15, 0.2) is 0 Å². The summed E-state index contributed by atoms with van der Waals surface area (Å²) in [6.07, 6.45) is 3.79. The fourth-order valence-corrected chi connectivity index (χ4v) is 4.35. The number of rotatable bonds is 5. The summed E-state index contributed by atoms with van der Waals surface area (Å²) in [5.74, 6) is 0.294. The molecule has 0 aromatic carbocycles. The number of nitrogens with zero attached hydrogens (tertiary/aromatic N) is 3. The second-order valence-electron chi connectivity index (χ2n) is 8.35. The maximum atomic E-state index is 12.6. The number of likely N-dealkylation sites (N-methyl/N-ethyl adjacent to an activating group) is 1. The minimum atomic E-state index is -0.00434. The number of piperazine rings is 1. The van der Waals surface area contributed by atoms with Gasteiger partial charge in [-0.1, -0.05) is 0 Å². The van der Waals surface area contributed by atoms with Gasteiger partial charge in [0.1, 0.15) is 0 Å². The molecule has 1 N–H and O–H groups in total. The van der Waals surface area contributed by atoms with E-state index in [2.05, 4.69) is 22.2 Å². The highest BCUT2D eigenvalue weighted by molar-refractivity contribution is 5.76. The maximum absolute atomic E-state index is 12.6. The number of amides is 2. The predicted octanol–water partition coefficient (Wildman–Crippen LogP) is 0.158. The molecule has 3 fully saturated rings. The van der Waals surface area contributed by atoms with Gasteiger partial charge in [-0.2, -0.15) is 0 Å². The standard InChI is InChI=1S/C19H34N4O3/c1-16(24)20-14-17-13-19(15-26-17)4-7-23(8-5-19)18(25)3-6-22-11-9-21(2)10-12-22/h17H,3-15H2,1-2H3,(H,20,24). The molecule has 1 spiro atoms. The summed E-state index contributed by atoms with van der Waals surface area (Å²) in [6.45, 7) is 9.81. The average molecular weight is 367 g/mol. The molecule has 26 heavy (non-hydrogen) atoms. The first-order valence-electron chi connectivity index (χ1n) is 10.0. The number of likely N-dealkylation sites (tertiary alicyclic amines) is 1. The van der Waals surface area contributed by atoms with Crippen molar-refractivity contribution in [3.63, 3.8) is 0 Å². The summed E-state index contributed by atoms with van der Waals surface area (Å²) in [4.78, 5) is 30.4. The molecule has 1 atom stereocenters. The summed E-state index contributed by atoms with van der Waals surface area (Å²) in [6, 6.07) is 0. The van der Waals surface area contributed by atoms with Gasteiger partial charge in [-0.25, -0.2) is 0 Å². The highest BCUT2D eigenvalue weighted by Gasteiger charge is 2.42. The third-order valence-corrected chi connectivity index (χ3v) is 6.28. The number of hydrogen-bond acceptors (Lipinski definition) is 5. The van der Waals surface area contributed by atoms with Crippen molar-refractivity contribution >= 4 is 11.8 Å². The molecule has 3 rings (SSSR count). The van der Waals surface area contributed by atoms with Crippen LogP contribution in [0.5, 0.6) is 0 Å². The smallest absolute Gasteiger partial charge is 0.223 e. The molecular weight excluding hydrogens is 332 g/mol. The first kappa shape index (κ1) is 19.6. The quantitative estimate of drug-likeness (QED) is 0.751. The zero-order valence-electron chi connectivity index (χ0n) is 16.3. The van der Waals surface area contributed by atoms with Gasteiger partial charge in [-0.05, 0) is 31.7 Å². The van der Waals surface area contributed by atoms with Crippen molar-refractivity contribution in [2.24, 2.45) is 5.41 Å². The summed E-state index contributed by atoms with van der Waals surface area (Å²) in [5.41, 5.74) is 0.206. The van der Waals surface area contributed by atoms with E-state index in [9.17, 15) is 9.59 Å². The lowest BCUT2D eigenvalue weighted by molar-refractivity contribution is -0.134. The van der Waals surface area contributed by atoms with E-state index in [1.807, 2.05) is 4.90 Å². The largest absolute Gasteiger partial charge is 0.376 e. The van der Waals surface area contributed by atoms with Crippen molar-refractivity contribution in [3.05, 3.63) is 0 Å². The molecule has 148 valence electrons. The number of carbonyl (C=O) groups is 2. The van der Waals surface area contributed by atoms with E-state index in [4.69, 9.17) is 4.74 Å². The van der Waals surface area contributed by atoms with Crippen molar-refractivity contribution in [1.82, 2.24) is 20.0 Å². The normalized spacial score (nSPS) is 27.0. The van der Waals surface area contributed by atoms with Gasteiger partial charge in [0.15, 0.2) is 0 Å². The predicted molar refractivity (Wildman–Crippen MR) is 99.8 cm³/mol. The van der Waals surface area contributed by atoms with Crippen LogP contribution < -0.4 is 5.32 Å². The minimum Gasteiger partial charge on any atom is -0.376 e. The zero-order chi connectivity index (χ0) is 18.6. The molecule has 1 unspecified atom stereocenters. The van der Waals surface area contributed by atoms with Crippen molar-refractivity contribution < 1.29 is 14.3 Å². The van der Waals surface area contributed by atoms with Gasteiger partial charge >= 0.3 is 0 Å². The van der Waals surface area contributed by atoms with E-state index in [1.165, 1.54) is 6.92 Å². The van der Waals surface area contributed by atoms with Gasteiger partial charge in [0.2, 0.25) is 11.8 Å². The third kappa shape index (κ3) is 5.18. The van der Waals surface area contributed by atoms with Crippen molar-refractivity contribution in [1.29, 1.82) is 0 Å². The maximum Gasteiger partial charge on any atom is 0.223 e. The number of carbonyl (C=O) groups excluding carboxylic acids is 2. The van der Waals surface area contributed by atoms with Crippen LogP contribution in [0.2, 0.25) is 0 Å². The Morgan fingerprint density at radius 2 is 1.81 bits per heavy atom. The van der Waals surface area contributed by atoms with E-state index in [-0.39, 0.29) is 17.4 Å². The number of nitrogens with one attached hydrogen (secondary N) is 1. The molecule has 0 aromatic heterocycles. The lowest BCUT2D eigenvalue weighted by atomic mass is 9.76. The first-order chi connectivity index (χ1) is 12.5. The van der Waals surface area contributed by atoms with Gasteiger partial charge < -0.3 is 24.8 Å². The Balaban J connectivity index is 1.37. The lowest BCUT2D eigenvalue weighted by Crippen LogP contribution is -2.47. The zero-order valence-corrected chi connectivity index (χ0v) is 16.3. The first-order valence-corrected chi connectivity index (χ1v) is 10.0. The van der Waals surface area contributed by atoms with Crippen LogP contribution in [-0.4, -0.2) is 98.6 Å². The Morgan fingerprint density at radius 1 is 1.12 bits per heavy atom. The van der Waals surface area contributed by atoms with E-state index in [0.29, 0.717) is 18.9 Å². The number of ether oxygens (including phenoxy) is 1. The Labute approximate surface area is 157 Å². The Bertz CT molecular complexity index is 497. The molecule has 0 radical (unpaired) electrons. The monoisotopic (exact) mass is 366 g/mol. The van der Waals surface area contributed by atoms with Crippen LogP contribution in [0.4, 0.5) is 0 Å². The summed E-state index contributed by atoms with van der Waals surface area (Å²) >= 11 is 0. The van der Waals surface area contributed by atoms with E-state index in [1.54, 1.807) is 0 Å². The molecule has 7 nitrogen and oxygen atoms in total. The van der Waals surface area contributed by atoms with Crippen LogP contribution in [0.25, 0.3) is 0 Å². The second-order valence-corrected chi connectivity index (χ2v) is 8.35. The molecule has 0 saturated carbocycles. The van der Waals surface area contributed by atoms with Crippen molar-refractivity contribution in [2.75, 3.05) is 66.0 Å². The lowest BCUT2D eigenvalue weighted by Gasteiger charge is -2.39. The van der Waals surface area contributed by atoms with Crippen LogP contribution in [-0.2, 0) is 14.3 Å². The van der Waals surface area contributed by atoms with E-state index >= 15 is 0 Å². The van der Waals surface area contributed by atoms with E-state index < -0.39 is 0 Å². The molecule has 3 heterocycles. The highest BCUT2D eigenvalue weighted by Crippen LogP contribution is 2.41. The van der Waals surface area contributed by atoms with Crippen molar-refractivity contribution in [2.45, 2.75) is 38.7 Å².